The normalized spacial score (nSPS) is 11.2. The van der Waals surface area contributed by atoms with Crippen LogP contribution in [0.4, 0.5) is 5.95 Å². The minimum Gasteiger partial charge on any atom is -0.344 e. The smallest absolute Gasteiger partial charge is 0.231 e. The number of hydrogen-bond acceptors (Lipinski definition) is 4. The Kier molecular flexibility index (Phi) is 5.71. The predicted octanol–water partition coefficient (Wildman–Crippen LogP) is 4.73. The van der Waals surface area contributed by atoms with Gasteiger partial charge in [-0.3, -0.25) is 9.50 Å². The van der Waals surface area contributed by atoms with Crippen LogP contribution in [0.3, 0.4) is 0 Å². The molecule has 0 aliphatic heterocycles. The quantitative estimate of drug-likeness (QED) is 0.403. The second-order valence-corrected chi connectivity index (χ2v) is 7.87. The molecule has 4 aromatic rings. The van der Waals surface area contributed by atoms with Gasteiger partial charge in [-0.05, 0) is 53.4 Å². The molecule has 0 unspecified atom stereocenters. The van der Waals surface area contributed by atoms with Crippen molar-refractivity contribution in [1.29, 1.82) is 0 Å². The summed E-state index contributed by atoms with van der Waals surface area (Å²) >= 11 is 3.51. The van der Waals surface area contributed by atoms with Crippen LogP contribution in [0.1, 0.15) is 25.0 Å². The number of benzene rings is 1. The fourth-order valence-electron chi connectivity index (χ4n) is 3.30. The van der Waals surface area contributed by atoms with Crippen LogP contribution < -0.4 is 4.90 Å². The van der Waals surface area contributed by atoms with E-state index in [0.29, 0.717) is 0 Å². The lowest BCUT2D eigenvalue weighted by atomic mass is 10.1. The third-order valence-electron chi connectivity index (χ3n) is 4.83. The van der Waals surface area contributed by atoms with Gasteiger partial charge in [0.2, 0.25) is 5.95 Å². The maximum atomic E-state index is 4.43. The second kappa shape index (κ2) is 8.56. The van der Waals surface area contributed by atoms with Crippen LogP contribution in [0.2, 0.25) is 0 Å². The summed E-state index contributed by atoms with van der Waals surface area (Å²) in [5.74, 6) is 0.873. The van der Waals surface area contributed by atoms with Gasteiger partial charge in [0.15, 0.2) is 5.65 Å². The number of aromatic amines is 1. The van der Waals surface area contributed by atoms with Crippen molar-refractivity contribution in [2.45, 2.75) is 25.7 Å². The molecule has 0 aliphatic carbocycles. The summed E-state index contributed by atoms with van der Waals surface area (Å²) in [6, 6.07) is 16.4. The van der Waals surface area contributed by atoms with Crippen LogP contribution >= 0.6 is 15.9 Å². The van der Waals surface area contributed by atoms with Crippen molar-refractivity contribution in [2.75, 3.05) is 18.5 Å². The van der Waals surface area contributed by atoms with Crippen molar-refractivity contribution < 1.29 is 0 Å². The van der Waals surface area contributed by atoms with Gasteiger partial charge >= 0.3 is 0 Å². The SMILES string of the molecule is CN(CCCCCc1cc(-c2ccccc2)n[nH]1)c1nnc2ccc(Br)cn12. The largest absolute Gasteiger partial charge is 0.344 e. The van der Waals surface area contributed by atoms with E-state index in [2.05, 4.69) is 66.5 Å². The highest BCUT2D eigenvalue weighted by Crippen LogP contribution is 2.19. The maximum absolute atomic E-state index is 4.43. The monoisotopic (exact) mass is 438 g/mol. The summed E-state index contributed by atoms with van der Waals surface area (Å²) in [7, 11) is 2.07. The van der Waals surface area contributed by atoms with Gasteiger partial charge in [0.05, 0.1) is 5.69 Å². The average molecular weight is 439 g/mol. The number of fused-ring (bicyclic) bond motifs is 1. The zero-order chi connectivity index (χ0) is 19.3. The van der Waals surface area contributed by atoms with Gasteiger partial charge in [-0.15, -0.1) is 10.2 Å². The number of anilines is 1. The van der Waals surface area contributed by atoms with Gasteiger partial charge in [0.1, 0.15) is 0 Å². The van der Waals surface area contributed by atoms with E-state index in [9.17, 15) is 0 Å². The summed E-state index contributed by atoms with van der Waals surface area (Å²) < 4.78 is 3.03. The molecular formula is C21H23BrN6. The summed E-state index contributed by atoms with van der Waals surface area (Å²) in [4.78, 5) is 2.16. The second-order valence-electron chi connectivity index (χ2n) is 6.95. The first-order valence-corrected chi connectivity index (χ1v) is 10.3. The first kappa shape index (κ1) is 18.7. The van der Waals surface area contributed by atoms with E-state index < -0.39 is 0 Å². The number of nitrogens with one attached hydrogen (secondary N) is 1. The van der Waals surface area contributed by atoms with Crippen molar-refractivity contribution >= 4 is 27.5 Å². The van der Waals surface area contributed by atoms with E-state index in [0.717, 1.165) is 59.6 Å². The van der Waals surface area contributed by atoms with Crippen LogP contribution in [0.15, 0.2) is 59.2 Å². The minimum atomic E-state index is 0.860. The molecule has 1 N–H and O–H groups in total. The molecule has 0 amide bonds. The maximum Gasteiger partial charge on any atom is 0.231 e. The molecule has 144 valence electrons. The van der Waals surface area contributed by atoms with Crippen LogP contribution in [-0.2, 0) is 6.42 Å². The number of unbranched alkanes of at least 4 members (excludes halogenated alkanes) is 2. The molecular weight excluding hydrogens is 416 g/mol. The van der Waals surface area contributed by atoms with Crippen molar-refractivity contribution in [1.82, 2.24) is 24.8 Å². The van der Waals surface area contributed by atoms with Gasteiger partial charge in [-0.2, -0.15) is 5.10 Å². The van der Waals surface area contributed by atoms with E-state index in [1.54, 1.807) is 0 Å². The Morgan fingerprint density at radius 3 is 2.75 bits per heavy atom. The van der Waals surface area contributed by atoms with E-state index in [1.807, 2.05) is 40.9 Å². The Hall–Kier alpha value is -2.67. The lowest BCUT2D eigenvalue weighted by Gasteiger charge is -2.16. The summed E-state index contributed by atoms with van der Waals surface area (Å²) in [5.41, 5.74) is 4.22. The Labute approximate surface area is 172 Å². The van der Waals surface area contributed by atoms with E-state index in [4.69, 9.17) is 0 Å². The van der Waals surface area contributed by atoms with E-state index in [-0.39, 0.29) is 0 Å². The van der Waals surface area contributed by atoms with Gasteiger partial charge in [0.25, 0.3) is 0 Å². The summed E-state index contributed by atoms with van der Waals surface area (Å²) in [6.45, 7) is 0.950. The topological polar surface area (TPSA) is 62.1 Å². The molecule has 3 aromatic heterocycles. The number of aromatic nitrogens is 5. The van der Waals surface area contributed by atoms with Crippen molar-refractivity contribution in [3.63, 3.8) is 0 Å². The Morgan fingerprint density at radius 1 is 1.04 bits per heavy atom. The molecule has 4 rings (SSSR count). The van der Waals surface area contributed by atoms with Crippen LogP contribution in [0, 0.1) is 0 Å². The number of halogens is 1. The molecule has 1 aromatic carbocycles. The summed E-state index contributed by atoms with van der Waals surface area (Å²) in [6.07, 6.45) is 6.42. The van der Waals surface area contributed by atoms with E-state index >= 15 is 0 Å². The fraction of sp³-hybridized carbons (Fsp3) is 0.286. The highest BCUT2D eigenvalue weighted by atomic mass is 79.9. The number of pyridine rings is 1. The zero-order valence-corrected chi connectivity index (χ0v) is 17.4. The molecule has 0 fully saturated rings. The molecule has 0 atom stereocenters. The van der Waals surface area contributed by atoms with Crippen molar-refractivity contribution in [3.8, 4) is 11.3 Å². The lowest BCUT2D eigenvalue weighted by Crippen LogP contribution is -2.21. The van der Waals surface area contributed by atoms with Crippen molar-refractivity contribution in [3.05, 3.63) is 64.9 Å². The fourth-order valence-corrected chi connectivity index (χ4v) is 3.64. The van der Waals surface area contributed by atoms with Gasteiger partial charge < -0.3 is 4.90 Å². The Bertz CT molecular complexity index is 1040. The Balaban J connectivity index is 1.25. The third kappa shape index (κ3) is 4.25. The van der Waals surface area contributed by atoms with E-state index in [1.165, 1.54) is 5.69 Å². The van der Waals surface area contributed by atoms with Crippen LogP contribution in [0.5, 0.6) is 0 Å². The van der Waals surface area contributed by atoms with Crippen molar-refractivity contribution in [2.24, 2.45) is 0 Å². The lowest BCUT2D eigenvalue weighted by molar-refractivity contribution is 0.658. The number of aryl methyl sites for hydroxylation is 1. The third-order valence-corrected chi connectivity index (χ3v) is 5.30. The Morgan fingerprint density at radius 2 is 1.89 bits per heavy atom. The molecule has 0 saturated heterocycles. The molecule has 0 aliphatic rings. The molecule has 0 spiro atoms. The molecule has 0 bridgehead atoms. The van der Waals surface area contributed by atoms with Crippen LogP contribution in [-0.4, -0.2) is 38.4 Å². The first-order valence-electron chi connectivity index (χ1n) is 9.52. The standard InChI is InChI=1S/C21H23BrN6/c1-27(21-26-25-20-12-11-17(22)15-28(20)21)13-7-3-6-10-18-14-19(24-23-18)16-8-4-2-5-9-16/h2,4-5,8-9,11-12,14-15H,3,6-7,10,13H2,1H3,(H,23,24). The molecule has 7 heteroatoms. The highest BCUT2D eigenvalue weighted by molar-refractivity contribution is 9.10. The predicted molar refractivity (Wildman–Crippen MR) is 116 cm³/mol. The molecule has 0 saturated carbocycles. The van der Waals surface area contributed by atoms with Gasteiger partial charge in [0, 0.05) is 35.5 Å². The zero-order valence-electron chi connectivity index (χ0n) is 15.8. The number of hydrogen-bond donors (Lipinski definition) is 1. The van der Waals surface area contributed by atoms with Gasteiger partial charge in [-0.25, -0.2) is 0 Å². The molecule has 3 heterocycles. The summed E-state index contributed by atoms with van der Waals surface area (Å²) in [5, 5.41) is 16.1. The highest BCUT2D eigenvalue weighted by Gasteiger charge is 2.10. The average Bonchev–Trinajstić information content (AvgIpc) is 3.35. The molecule has 6 nitrogen and oxygen atoms in total. The van der Waals surface area contributed by atoms with Crippen LogP contribution in [0.25, 0.3) is 16.9 Å². The van der Waals surface area contributed by atoms with Gasteiger partial charge in [-0.1, -0.05) is 36.8 Å². The first-order chi connectivity index (χ1) is 13.7. The number of H-pyrrole nitrogens is 1. The molecule has 28 heavy (non-hydrogen) atoms. The minimum absolute atomic E-state index is 0.860. The number of nitrogens with zero attached hydrogens (tertiary/aromatic N) is 5. The number of rotatable bonds is 8. The molecule has 0 radical (unpaired) electrons.